The first kappa shape index (κ1) is 19.7. The highest BCUT2D eigenvalue weighted by atomic mass is 16.5. The zero-order chi connectivity index (χ0) is 19.1. The number of hydrogen-bond acceptors (Lipinski definition) is 5. The molecule has 1 saturated heterocycles. The average Bonchev–Trinajstić information content (AvgIpc) is 2.73. The van der Waals surface area contributed by atoms with E-state index in [-0.39, 0.29) is 17.9 Å². The van der Waals surface area contributed by atoms with Gasteiger partial charge in [0.1, 0.15) is 5.60 Å². The molecule has 2 heterocycles. The second-order valence-corrected chi connectivity index (χ2v) is 7.58. The Hall–Kier alpha value is -2.02. The maximum Gasteiger partial charge on any atom is 0.252 e. The SMILES string of the molecule is COC1(C(=O)NC2CCCCC2)CCN(C(=O)CCc2cnccn2)CC1. The lowest BCUT2D eigenvalue weighted by Gasteiger charge is -2.40. The number of aryl methyl sites for hydroxylation is 1. The second-order valence-electron chi connectivity index (χ2n) is 7.58. The Morgan fingerprint density at radius 3 is 2.59 bits per heavy atom. The molecular weight excluding hydrogens is 344 g/mol. The van der Waals surface area contributed by atoms with Crippen molar-refractivity contribution in [1.82, 2.24) is 20.2 Å². The minimum Gasteiger partial charge on any atom is -0.368 e. The van der Waals surface area contributed by atoms with Crippen LogP contribution in [0.2, 0.25) is 0 Å². The standard InChI is InChI=1S/C20H30N4O3/c1-27-20(19(26)23-16-5-3-2-4-6-16)9-13-24(14-10-20)18(25)8-7-17-15-21-11-12-22-17/h11-12,15-16H,2-10,13-14H2,1H3,(H,23,26). The van der Waals surface area contributed by atoms with E-state index in [2.05, 4.69) is 15.3 Å². The van der Waals surface area contributed by atoms with Gasteiger partial charge in [-0.05, 0) is 19.3 Å². The van der Waals surface area contributed by atoms with Gasteiger partial charge in [-0.2, -0.15) is 0 Å². The van der Waals surface area contributed by atoms with Crippen molar-refractivity contribution in [2.24, 2.45) is 0 Å². The summed E-state index contributed by atoms with van der Waals surface area (Å²) < 4.78 is 5.67. The van der Waals surface area contributed by atoms with Gasteiger partial charge in [0.2, 0.25) is 5.91 Å². The molecule has 27 heavy (non-hydrogen) atoms. The van der Waals surface area contributed by atoms with Gasteiger partial charge >= 0.3 is 0 Å². The lowest BCUT2D eigenvalue weighted by atomic mass is 9.88. The largest absolute Gasteiger partial charge is 0.368 e. The highest BCUT2D eigenvalue weighted by molar-refractivity contribution is 5.86. The predicted molar refractivity (Wildman–Crippen MR) is 101 cm³/mol. The number of amides is 2. The molecule has 1 saturated carbocycles. The van der Waals surface area contributed by atoms with Crippen LogP contribution < -0.4 is 5.32 Å². The molecule has 0 atom stereocenters. The first-order valence-electron chi connectivity index (χ1n) is 10.0. The molecule has 0 bridgehead atoms. The zero-order valence-corrected chi connectivity index (χ0v) is 16.2. The van der Waals surface area contributed by atoms with E-state index in [4.69, 9.17) is 4.74 Å². The van der Waals surface area contributed by atoms with E-state index < -0.39 is 5.60 Å². The quantitative estimate of drug-likeness (QED) is 0.822. The van der Waals surface area contributed by atoms with E-state index in [0.717, 1.165) is 18.5 Å². The van der Waals surface area contributed by atoms with Gasteiger partial charge < -0.3 is 15.0 Å². The number of piperidine rings is 1. The van der Waals surface area contributed by atoms with E-state index >= 15 is 0 Å². The third-order valence-corrected chi connectivity index (χ3v) is 5.88. The van der Waals surface area contributed by atoms with Crippen molar-refractivity contribution in [2.45, 2.75) is 69.4 Å². The van der Waals surface area contributed by atoms with Gasteiger partial charge in [0, 0.05) is 64.1 Å². The van der Waals surface area contributed by atoms with Gasteiger partial charge in [-0.15, -0.1) is 0 Å². The number of methoxy groups -OCH3 is 1. The molecule has 1 aromatic heterocycles. The average molecular weight is 374 g/mol. The minimum atomic E-state index is -0.806. The molecule has 1 aromatic rings. The maximum absolute atomic E-state index is 12.9. The van der Waals surface area contributed by atoms with Gasteiger partial charge in [0.05, 0.1) is 5.69 Å². The lowest BCUT2D eigenvalue weighted by Crippen LogP contribution is -2.57. The van der Waals surface area contributed by atoms with Gasteiger partial charge in [-0.3, -0.25) is 19.6 Å². The lowest BCUT2D eigenvalue weighted by molar-refractivity contribution is -0.154. The Kier molecular flexibility index (Phi) is 6.77. The Morgan fingerprint density at radius 1 is 1.22 bits per heavy atom. The number of carbonyl (C=O) groups excluding carboxylic acids is 2. The van der Waals surface area contributed by atoms with Crippen LogP contribution in [0.25, 0.3) is 0 Å². The number of aromatic nitrogens is 2. The minimum absolute atomic E-state index is 0.0106. The van der Waals surface area contributed by atoms with E-state index in [1.54, 1.807) is 25.7 Å². The molecule has 7 nitrogen and oxygen atoms in total. The van der Waals surface area contributed by atoms with Crippen LogP contribution >= 0.6 is 0 Å². The van der Waals surface area contributed by atoms with Crippen LogP contribution in [0.4, 0.5) is 0 Å². The Bertz CT molecular complexity index is 623. The highest BCUT2D eigenvalue weighted by Crippen LogP contribution is 2.28. The molecule has 0 aromatic carbocycles. The number of nitrogens with zero attached hydrogens (tertiary/aromatic N) is 3. The van der Waals surface area contributed by atoms with Crippen LogP contribution in [0.3, 0.4) is 0 Å². The van der Waals surface area contributed by atoms with Crippen LogP contribution in [0, 0.1) is 0 Å². The van der Waals surface area contributed by atoms with Crippen molar-refractivity contribution >= 4 is 11.8 Å². The van der Waals surface area contributed by atoms with Gasteiger partial charge in [0.15, 0.2) is 0 Å². The Morgan fingerprint density at radius 2 is 1.96 bits per heavy atom. The summed E-state index contributed by atoms with van der Waals surface area (Å²) in [4.78, 5) is 35.4. The number of carbonyl (C=O) groups is 2. The van der Waals surface area contributed by atoms with Gasteiger partial charge in [0.25, 0.3) is 5.91 Å². The van der Waals surface area contributed by atoms with E-state index in [0.29, 0.717) is 38.8 Å². The molecule has 1 aliphatic carbocycles. The van der Waals surface area contributed by atoms with E-state index in [1.807, 2.05) is 4.90 Å². The summed E-state index contributed by atoms with van der Waals surface area (Å²) in [5.74, 6) is 0.0848. The molecule has 2 amide bonds. The molecule has 148 valence electrons. The molecule has 3 rings (SSSR count). The number of nitrogens with one attached hydrogen (secondary N) is 1. The molecule has 1 N–H and O–H groups in total. The smallest absolute Gasteiger partial charge is 0.252 e. The monoisotopic (exact) mass is 374 g/mol. The fourth-order valence-corrected chi connectivity index (χ4v) is 4.06. The highest BCUT2D eigenvalue weighted by Gasteiger charge is 2.43. The van der Waals surface area contributed by atoms with E-state index in [1.165, 1.54) is 19.3 Å². The van der Waals surface area contributed by atoms with Gasteiger partial charge in [-0.25, -0.2) is 0 Å². The number of likely N-dealkylation sites (tertiary alicyclic amines) is 1. The van der Waals surface area contributed by atoms with Crippen molar-refractivity contribution in [3.05, 3.63) is 24.3 Å². The fraction of sp³-hybridized carbons (Fsp3) is 0.700. The third kappa shape index (κ3) is 5.03. The Balaban J connectivity index is 1.49. The second kappa shape index (κ2) is 9.26. The van der Waals surface area contributed by atoms with Crippen LogP contribution in [0.15, 0.2) is 18.6 Å². The molecule has 2 fully saturated rings. The first-order chi connectivity index (χ1) is 13.1. The Labute approximate surface area is 160 Å². The van der Waals surface area contributed by atoms with Crippen LogP contribution in [0.1, 0.15) is 57.1 Å². The summed E-state index contributed by atoms with van der Waals surface area (Å²) in [6.45, 7) is 1.09. The van der Waals surface area contributed by atoms with Crippen LogP contribution in [0.5, 0.6) is 0 Å². The molecule has 1 aliphatic heterocycles. The number of rotatable bonds is 6. The molecule has 0 unspecified atom stereocenters. The molecule has 7 heteroatoms. The molecule has 0 radical (unpaired) electrons. The van der Waals surface area contributed by atoms with Crippen LogP contribution in [-0.4, -0.2) is 58.5 Å². The molecular formula is C20H30N4O3. The summed E-state index contributed by atoms with van der Waals surface area (Å²) in [5, 5.41) is 3.19. The summed E-state index contributed by atoms with van der Waals surface area (Å²) in [6.07, 6.45) is 12.8. The van der Waals surface area contributed by atoms with Crippen molar-refractivity contribution in [3.63, 3.8) is 0 Å². The summed E-state index contributed by atoms with van der Waals surface area (Å²) in [7, 11) is 1.60. The zero-order valence-electron chi connectivity index (χ0n) is 16.2. The molecule has 0 spiro atoms. The first-order valence-corrected chi connectivity index (χ1v) is 10.0. The summed E-state index contributed by atoms with van der Waals surface area (Å²) in [5.41, 5.74) is 0.0139. The fourth-order valence-electron chi connectivity index (χ4n) is 4.06. The summed E-state index contributed by atoms with van der Waals surface area (Å²) in [6, 6.07) is 0.268. The van der Waals surface area contributed by atoms with Crippen molar-refractivity contribution < 1.29 is 14.3 Å². The van der Waals surface area contributed by atoms with Crippen molar-refractivity contribution in [3.8, 4) is 0 Å². The van der Waals surface area contributed by atoms with Crippen LogP contribution in [-0.2, 0) is 20.7 Å². The number of hydrogen-bond donors (Lipinski definition) is 1. The maximum atomic E-state index is 12.9. The predicted octanol–water partition coefficient (Wildman–Crippen LogP) is 1.87. The van der Waals surface area contributed by atoms with Gasteiger partial charge in [-0.1, -0.05) is 19.3 Å². The normalized spacial score (nSPS) is 20.3. The van der Waals surface area contributed by atoms with Crippen molar-refractivity contribution in [1.29, 1.82) is 0 Å². The van der Waals surface area contributed by atoms with E-state index in [9.17, 15) is 9.59 Å². The molecule has 2 aliphatic rings. The topological polar surface area (TPSA) is 84.4 Å². The van der Waals surface area contributed by atoms with Crippen molar-refractivity contribution in [2.75, 3.05) is 20.2 Å². The number of ether oxygens (including phenoxy) is 1. The summed E-state index contributed by atoms with van der Waals surface area (Å²) >= 11 is 0. The third-order valence-electron chi connectivity index (χ3n) is 5.88.